The molecule has 0 aromatic carbocycles. The van der Waals surface area contributed by atoms with Gasteiger partial charge in [-0.15, -0.1) is 0 Å². The van der Waals surface area contributed by atoms with Crippen molar-refractivity contribution in [1.29, 1.82) is 0 Å². The fraction of sp³-hybridized carbons (Fsp3) is 0.455. The maximum Gasteiger partial charge on any atom is 0.103 e. The fourth-order valence-corrected chi connectivity index (χ4v) is 2.26. The van der Waals surface area contributed by atoms with Gasteiger partial charge in [0.15, 0.2) is 0 Å². The van der Waals surface area contributed by atoms with Crippen LogP contribution in [0.4, 0.5) is 0 Å². The van der Waals surface area contributed by atoms with Crippen molar-refractivity contribution in [1.82, 2.24) is 15.2 Å². The largest absolute Gasteiger partial charge is 0.392 e. The van der Waals surface area contributed by atoms with E-state index in [0.717, 1.165) is 31.9 Å². The molecule has 1 aliphatic rings. The number of hydrogen-bond acceptors (Lipinski definition) is 4. The second kappa shape index (κ2) is 5.34. The van der Waals surface area contributed by atoms with E-state index in [1.165, 1.54) is 0 Å². The molecule has 3 N–H and O–H groups in total. The van der Waals surface area contributed by atoms with Gasteiger partial charge in [0.25, 0.3) is 0 Å². The predicted octanol–water partition coefficient (Wildman–Crippen LogP) is 0.314. The average molecular weight is 236 g/mol. The van der Waals surface area contributed by atoms with Crippen molar-refractivity contribution in [3.63, 3.8) is 0 Å². The molecule has 5 heteroatoms. The van der Waals surface area contributed by atoms with Gasteiger partial charge in [-0.1, -0.05) is 18.3 Å². The van der Waals surface area contributed by atoms with Gasteiger partial charge in [-0.25, -0.2) is 0 Å². The minimum atomic E-state index is -0.0294. The van der Waals surface area contributed by atoms with Crippen LogP contribution in [0, 0.1) is 0 Å². The van der Waals surface area contributed by atoms with Gasteiger partial charge in [0.2, 0.25) is 0 Å². The zero-order chi connectivity index (χ0) is 11.4. The Kier molecular flexibility index (Phi) is 3.82. The van der Waals surface area contributed by atoms with Crippen molar-refractivity contribution in [2.75, 3.05) is 26.2 Å². The smallest absolute Gasteiger partial charge is 0.103 e. The Balaban J connectivity index is 2.20. The molecule has 1 aliphatic heterocycles. The summed E-state index contributed by atoms with van der Waals surface area (Å²) in [6.45, 7) is 3.87. The van der Waals surface area contributed by atoms with Gasteiger partial charge in [-0.2, -0.15) is 0 Å². The quantitative estimate of drug-likeness (QED) is 0.740. The SMILES string of the molecule is NC(=S)C(c1ccccn1)N1CCNCC1. The van der Waals surface area contributed by atoms with Gasteiger partial charge in [-0.3, -0.25) is 9.88 Å². The molecule has 1 atom stereocenters. The standard InChI is InChI=1S/C11H16N4S/c12-11(16)10(9-3-1-2-4-14-9)15-7-5-13-6-8-15/h1-4,10,13H,5-8H2,(H2,12,16). The van der Waals surface area contributed by atoms with E-state index in [1.54, 1.807) is 6.20 Å². The van der Waals surface area contributed by atoms with Gasteiger partial charge in [-0.05, 0) is 12.1 Å². The van der Waals surface area contributed by atoms with Crippen LogP contribution < -0.4 is 11.1 Å². The molecule has 0 saturated carbocycles. The third kappa shape index (κ3) is 2.55. The van der Waals surface area contributed by atoms with Crippen molar-refractivity contribution in [3.05, 3.63) is 30.1 Å². The third-order valence-corrected chi connectivity index (χ3v) is 2.98. The van der Waals surface area contributed by atoms with Crippen molar-refractivity contribution in [2.45, 2.75) is 6.04 Å². The fourth-order valence-electron chi connectivity index (χ4n) is 1.99. The Hall–Kier alpha value is -1.04. The zero-order valence-corrected chi connectivity index (χ0v) is 9.91. The lowest BCUT2D eigenvalue weighted by molar-refractivity contribution is 0.212. The Morgan fingerprint density at radius 3 is 2.75 bits per heavy atom. The van der Waals surface area contributed by atoms with E-state index in [9.17, 15) is 0 Å². The molecule has 0 radical (unpaired) electrons. The minimum absolute atomic E-state index is 0.0294. The first kappa shape index (κ1) is 11.4. The minimum Gasteiger partial charge on any atom is -0.392 e. The summed E-state index contributed by atoms with van der Waals surface area (Å²) in [5, 5.41) is 3.31. The molecule has 1 aromatic heterocycles. The molecular formula is C11H16N4S. The Morgan fingerprint density at radius 1 is 1.44 bits per heavy atom. The molecule has 86 valence electrons. The summed E-state index contributed by atoms with van der Waals surface area (Å²) in [6.07, 6.45) is 1.78. The Morgan fingerprint density at radius 2 is 2.19 bits per heavy atom. The first-order valence-electron chi connectivity index (χ1n) is 5.44. The van der Waals surface area contributed by atoms with Crippen molar-refractivity contribution in [2.24, 2.45) is 5.73 Å². The van der Waals surface area contributed by atoms with Gasteiger partial charge in [0.05, 0.1) is 10.7 Å². The molecule has 0 spiro atoms. The summed E-state index contributed by atoms with van der Waals surface area (Å²) in [5.74, 6) is 0. The lowest BCUT2D eigenvalue weighted by atomic mass is 10.1. The molecule has 16 heavy (non-hydrogen) atoms. The summed E-state index contributed by atoms with van der Waals surface area (Å²) in [4.78, 5) is 7.13. The highest BCUT2D eigenvalue weighted by Crippen LogP contribution is 2.19. The van der Waals surface area contributed by atoms with Crippen LogP contribution >= 0.6 is 12.2 Å². The number of nitrogens with zero attached hydrogens (tertiary/aromatic N) is 2. The molecule has 2 heterocycles. The average Bonchev–Trinajstić information content (AvgIpc) is 2.31. The first-order valence-corrected chi connectivity index (χ1v) is 5.85. The maximum atomic E-state index is 5.83. The van der Waals surface area contributed by atoms with E-state index in [1.807, 2.05) is 18.2 Å². The number of nitrogens with two attached hydrogens (primary N) is 1. The molecule has 1 fully saturated rings. The predicted molar refractivity (Wildman–Crippen MR) is 68.2 cm³/mol. The summed E-state index contributed by atoms with van der Waals surface area (Å²) in [6, 6.07) is 5.82. The lowest BCUT2D eigenvalue weighted by Gasteiger charge is -2.33. The second-order valence-electron chi connectivity index (χ2n) is 3.85. The maximum absolute atomic E-state index is 5.83. The van der Waals surface area contributed by atoms with Crippen LogP contribution in [0.3, 0.4) is 0 Å². The van der Waals surface area contributed by atoms with E-state index in [2.05, 4.69) is 15.2 Å². The molecule has 0 amide bonds. The zero-order valence-electron chi connectivity index (χ0n) is 9.10. The van der Waals surface area contributed by atoms with E-state index < -0.39 is 0 Å². The molecule has 4 nitrogen and oxygen atoms in total. The van der Waals surface area contributed by atoms with Crippen LogP contribution in [-0.4, -0.2) is 41.1 Å². The van der Waals surface area contributed by atoms with Crippen LogP contribution in [0.1, 0.15) is 11.7 Å². The molecule has 0 bridgehead atoms. The van der Waals surface area contributed by atoms with Crippen LogP contribution in [0.15, 0.2) is 24.4 Å². The number of hydrogen-bond donors (Lipinski definition) is 2. The van der Waals surface area contributed by atoms with Gasteiger partial charge in [0.1, 0.15) is 6.04 Å². The Bertz CT molecular complexity index is 348. The normalized spacial score (nSPS) is 19.2. The van der Waals surface area contributed by atoms with Crippen molar-refractivity contribution < 1.29 is 0 Å². The first-order chi connectivity index (χ1) is 7.79. The van der Waals surface area contributed by atoms with E-state index >= 15 is 0 Å². The highest BCUT2D eigenvalue weighted by molar-refractivity contribution is 7.80. The van der Waals surface area contributed by atoms with E-state index in [0.29, 0.717) is 4.99 Å². The van der Waals surface area contributed by atoms with Gasteiger partial charge < -0.3 is 11.1 Å². The molecule has 1 aromatic rings. The number of piperazine rings is 1. The molecule has 2 rings (SSSR count). The summed E-state index contributed by atoms with van der Waals surface area (Å²) < 4.78 is 0. The lowest BCUT2D eigenvalue weighted by Crippen LogP contribution is -2.48. The molecular weight excluding hydrogens is 220 g/mol. The highest BCUT2D eigenvalue weighted by atomic mass is 32.1. The number of pyridine rings is 1. The summed E-state index contributed by atoms with van der Waals surface area (Å²) in [7, 11) is 0. The van der Waals surface area contributed by atoms with E-state index in [-0.39, 0.29) is 6.04 Å². The monoisotopic (exact) mass is 236 g/mol. The number of aromatic nitrogens is 1. The van der Waals surface area contributed by atoms with E-state index in [4.69, 9.17) is 18.0 Å². The van der Waals surface area contributed by atoms with Crippen LogP contribution in [0.2, 0.25) is 0 Å². The molecule has 1 saturated heterocycles. The van der Waals surface area contributed by atoms with Gasteiger partial charge >= 0.3 is 0 Å². The highest BCUT2D eigenvalue weighted by Gasteiger charge is 2.25. The number of nitrogens with one attached hydrogen (secondary N) is 1. The third-order valence-electron chi connectivity index (χ3n) is 2.75. The topological polar surface area (TPSA) is 54.2 Å². The van der Waals surface area contributed by atoms with Crippen LogP contribution in [0.25, 0.3) is 0 Å². The molecule has 1 unspecified atom stereocenters. The Labute approximate surface area is 101 Å². The number of thiocarbonyl (C=S) groups is 1. The number of rotatable bonds is 3. The van der Waals surface area contributed by atoms with Crippen molar-refractivity contribution in [3.8, 4) is 0 Å². The second-order valence-corrected chi connectivity index (χ2v) is 4.32. The van der Waals surface area contributed by atoms with Gasteiger partial charge in [0, 0.05) is 32.4 Å². The summed E-state index contributed by atoms with van der Waals surface area (Å²) >= 11 is 5.16. The van der Waals surface area contributed by atoms with Crippen LogP contribution in [-0.2, 0) is 0 Å². The van der Waals surface area contributed by atoms with Crippen LogP contribution in [0.5, 0.6) is 0 Å². The van der Waals surface area contributed by atoms with Crippen molar-refractivity contribution >= 4 is 17.2 Å². The molecule has 0 aliphatic carbocycles. The summed E-state index contributed by atoms with van der Waals surface area (Å²) in [5.41, 5.74) is 6.77.